The molecule has 0 aromatic rings. The number of nitrogens with two attached hydrogens (primary N) is 2. The van der Waals surface area contributed by atoms with Gasteiger partial charge in [0.2, 0.25) is 0 Å². The second kappa shape index (κ2) is 12.2. The Morgan fingerprint density at radius 1 is 0.955 bits per heavy atom. The normalized spacial score (nSPS) is 22.9. The van der Waals surface area contributed by atoms with Crippen LogP contribution in [-0.4, -0.2) is 73.5 Å². The SMILES string of the molecule is C.CCN1C[C@@H](CN)OC1=O.CCN1C[C@@H](CN)OC1=O.[Ar]. The molecule has 0 radical (unpaired) electrons. The topological polar surface area (TPSA) is 111 Å². The minimum atomic E-state index is -0.238. The van der Waals surface area contributed by atoms with Crippen molar-refractivity contribution in [3.05, 3.63) is 0 Å². The summed E-state index contributed by atoms with van der Waals surface area (Å²) in [6.07, 6.45) is -0.657. The average molecular weight is 344 g/mol. The molecule has 2 rings (SSSR count). The predicted octanol–water partition coefficient (Wildman–Crippen LogP) is 0.208. The average Bonchev–Trinajstić information content (AvgIpc) is 3.01. The zero-order valence-electron chi connectivity index (χ0n) is 12.4. The van der Waals surface area contributed by atoms with Crippen LogP contribution in [0.2, 0.25) is 0 Å². The molecule has 9 heteroatoms. The van der Waals surface area contributed by atoms with E-state index in [1.807, 2.05) is 13.8 Å². The molecule has 0 aromatic carbocycles. The van der Waals surface area contributed by atoms with E-state index in [0.29, 0.717) is 39.3 Å². The smallest absolute Gasteiger partial charge is 0.410 e. The summed E-state index contributed by atoms with van der Waals surface area (Å²) < 4.78 is 9.75. The van der Waals surface area contributed by atoms with E-state index in [9.17, 15) is 9.59 Å². The number of carbonyl (C=O) groups is 2. The van der Waals surface area contributed by atoms with Crippen LogP contribution in [0, 0.1) is 37.7 Å². The molecule has 8 nitrogen and oxygen atoms in total. The van der Waals surface area contributed by atoms with E-state index in [4.69, 9.17) is 20.9 Å². The third kappa shape index (κ3) is 6.87. The molecule has 0 saturated carbocycles. The summed E-state index contributed by atoms with van der Waals surface area (Å²) in [6.45, 7) is 7.37. The van der Waals surface area contributed by atoms with Crippen LogP contribution in [0.1, 0.15) is 21.3 Å². The van der Waals surface area contributed by atoms with E-state index in [-0.39, 0.29) is 69.6 Å². The Hall–Kier alpha value is -0.280. The molecule has 2 heterocycles. The fourth-order valence-electron chi connectivity index (χ4n) is 1.91. The van der Waals surface area contributed by atoms with Crippen LogP contribution in [-0.2, 0) is 9.47 Å². The number of cyclic esters (lactones) is 2. The van der Waals surface area contributed by atoms with Crippen LogP contribution in [0.5, 0.6) is 0 Å². The predicted molar refractivity (Wildman–Crippen MR) is 79.9 cm³/mol. The van der Waals surface area contributed by atoms with Crippen molar-refractivity contribution >= 4 is 12.2 Å². The van der Waals surface area contributed by atoms with Gasteiger partial charge in [0, 0.05) is 63.9 Å². The standard InChI is InChI=1S/2C6H12N2O2.CH4.Ar/c2*1-2-8-4-5(3-7)10-6(8)9;;/h2*5H,2-4,7H2,1H3;1H4;/t2*5-;;/m11../s1. The molecule has 2 aliphatic rings. The zero-order chi connectivity index (χ0) is 15.1. The molecular formula is C13H28ArN4O4. The van der Waals surface area contributed by atoms with Crippen LogP contribution in [0.15, 0.2) is 0 Å². The monoisotopic (exact) mass is 344 g/mol. The Morgan fingerprint density at radius 2 is 1.27 bits per heavy atom. The van der Waals surface area contributed by atoms with Gasteiger partial charge in [0.25, 0.3) is 0 Å². The third-order valence-electron chi connectivity index (χ3n) is 3.19. The number of nitrogens with zero attached hydrogens (tertiary/aromatic N) is 2. The Bertz CT molecular complexity index is 314. The second-order valence-electron chi connectivity index (χ2n) is 4.56. The van der Waals surface area contributed by atoms with Gasteiger partial charge in [0.1, 0.15) is 12.2 Å². The molecular weight excluding hydrogens is 316 g/mol. The van der Waals surface area contributed by atoms with Gasteiger partial charge in [-0.05, 0) is 13.8 Å². The van der Waals surface area contributed by atoms with Crippen molar-refractivity contribution in [2.45, 2.75) is 33.5 Å². The number of likely N-dealkylation sites (N-methyl/N-ethyl adjacent to an activating group) is 2. The number of rotatable bonds is 4. The van der Waals surface area contributed by atoms with Crippen molar-refractivity contribution in [2.24, 2.45) is 11.5 Å². The summed E-state index contributed by atoms with van der Waals surface area (Å²) in [4.78, 5) is 24.9. The summed E-state index contributed by atoms with van der Waals surface area (Å²) in [5, 5.41) is 0. The molecule has 2 fully saturated rings. The summed E-state index contributed by atoms with van der Waals surface area (Å²) in [7, 11) is 0. The van der Waals surface area contributed by atoms with E-state index in [0.717, 1.165) is 0 Å². The number of hydrogen-bond donors (Lipinski definition) is 2. The van der Waals surface area contributed by atoms with E-state index in [1.54, 1.807) is 9.80 Å². The van der Waals surface area contributed by atoms with Gasteiger partial charge in [-0.1, -0.05) is 7.43 Å². The van der Waals surface area contributed by atoms with Crippen LogP contribution >= 0.6 is 0 Å². The first-order valence-electron chi connectivity index (χ1n) is 6.86. The van der Waals surface area contributed by atoms with Crippen molar-refractivity contribution in [2.75, 3.05) is 39.3 Å². The Labute approximate surface area is 162 Å². The van der Waals surface area contributed by atoms with Gasteiger partial charge >= 0.3 is 12.2 Å². The maximum Gasteiger partial charge on any atom is 0.410 e. The summed E-state index contributed by atoms with van der Waals surface area (Å²) >= 11 is 0. The number of amides is 2. The largest absolute Gasteiger partial charge is 0.443 e. The fourth-order valence-corrected chi connectivity index (χ4v) is 1.91. The van der Waals surface area contributed by atoms with Gasteiger partial charge in [-0.15, -0.1) is 0 Å². The third-order valence-corrected chi connectivity index (χ3v) is 3.19. The Balaban J connectivity index is 0. The molecule has 0 unspecified atom stereocenters. The molecule has 2 atom stereocenters. The van der Waals surface area contributed by atoms with Crippen LogP contribution in [0.4, 0.5) is 9.59 Å². The molecule has 2 aliphatic heterocycles. The van der Waals surface area contributed by atoms with E-state index in [2.05, 4.69) is 0 Å². The van der Waals surface area contributed by atoms with Crippen LogP contribution in [0.25, 0.3) is 0 Å². The molecule has 2 saturated heterocycles. The van der Waals surface area contributed by atoms with Gasteiger partial charge < -0.3 is 30.7 Å². The van der Waals surface area contributed by atoms with Crippen molar-refractivity contribution in [3.8, 4) is 0 Å². The fraction of sp³-hybridized carbons (Fsp3) is 0.846. The molecule has 132 valence electrons. The van der Waals surface area contributed by atoms with Crippen LogP contribution in [0.3, 0.4) is 0 Å². The van der Waals surface area contributed by atoms with E-state index >= 15 is 0 Å². The van der Waals surface area contributed by atoms with E-state index in [1.165, 1.54) is 0 Å². The van der Waals surface area contributed by atoms with Gasteiger partial charge in [-0.25, -0.2) is 9.59 Å². The molecule has 22 heavy (non-hydrogen) atoms. The number of ether oxygens (including phenoxy) is 2. The summed E-state index contributed by atoms with van der Waals surface area (Å²) in [5.74, 6) is 0. The molecule has 0 bridgehead atoms. The molecule has 4 N–H and O–H groups in total. The molecule has 0 aliphatic carbocycles. The van der Waals surface area contributed by atoms with Crippen LogP contribution < -0.4 is 11.5 Å². The number of carbonyl (C=O) groups excluding carboxylic acids is 2. The minimum Gasteiger partial charge on any atom is -0.443 e. The zero-order valence-corrected chi connectivity index (χ0v) is 13.1. The maximum atomic E-state index is 10.8. The first-order valence-corrected chi connectivity index (χ1v) is 6.86. The minimum absolute atomic E-state index is 0. The molecule has 0 spiro atoms. The van der Waals surface area contributed by atoms with Gasteiger partial charge in [0.05, 0.1) is 13.1 Å². The van der Waals surface area contributed by atoms with Gasteiger partial charge in [0.15, 0.2) is 0 Å². The molecule has 0 aromatic heterocycles. The van der Waals surface area contributed by atoms with Crippen molar-refractivity contribution in [1.29, 1.82) is 0 Å². The van der Waals surface area contributed by atoms with Gasteiger partial charge in [-0.3, -0.25) is 0 Å². The summed E-state index contributed by atoms with van der Waals surface area (Å²) in [6, 6.07) is 0. The van der Waals surface area contributed by atoms with Gasteiger partial charge in [-0.2, -0.15) is 0 Å². The van der Waals surface area contributed by atoms with Crippen molar-refractivity contribution in [3.63, 3.8) is 0 Å². The van der Waals surface area contributed by atoms with E-state index < -0.39 is 0 Å². The maximum absolute atomic E-state index is 10.8. The quantitative estimate of drug-likeness (QED) is 0.754. The Morgan fingerprint density at radius 3 is 1.41 bits per heavy atom. The van der Waals surface area contributed by atoms with Crippen molar-refractivity contribution in [1.82, 2.24) is 9.80 Å². The first-order chi connectivity index (χ1) is 9.55. The number of hydrogen-bond acceptors (Lipinski definition) is 6. The van der Waals surface area contributed by atoms with Crippen molar-refractivity contribution < 1.29 is 56.8 Å². The molecule has 2 amide bonds. The second-order valence-corrected chi connectivity index (χ2v) is 4.56. The summed E-state index contributed by atoms with van der Waals surface area (Å²) in [5.41, 5.74) is 10.6. The first kappa shape index (κ1) is 24.0. The Kier molecular flexibility index (Phi) is 13.3.